The van der Waals surface area contributed by atoms with Crippen molar-refractivity contribution in [1.82, 2.24) is 0 Å². The van der Waals surface area contributed by atoms with Crippen LogP contribution in [0.2, 0.25) is 0 Å². The first-order chi connectivity index (χ1) is 13.9. The number of benzene rings is 2. The third-order valence-electron chi connectivity index (χ3n) is 5.00. The van der Waals surface area contributed by atoms with Crippen LogP contribution in [0, 0.1) is 5.92 Å². The zero-order valence-electron chi connectivity index (χ0n) is 17.8. The smallest absolute Gasteiger partial charge is 0.387 e. The van der Waals surface area contributed by atoms with Crippen LogP contribution in [0.4, 0.5) is 0 Å². The van der Waals surface area contributed by atoms with Crippen LogP contribution in [0.15, 0.2) is 85.5 Å². The van der Waals surface area contributed by atoms with Crippen LogP contribution >= 0.6 is 0 Å². The van der Waals surface area contributed by atoms with Gasteiger partial charge >= 0.3 is 8.56 Å². The van der Waals surface area contributed by atoms with Crippen LogP contribution in [0.5, 0.6) is 0 Å². The second kappa shape index (κ2) is 11.1. The Morgan fingerprint density at radius 2 is 1.55 bits per heavy atom. The number of Topliss-reactive ketones (excluding diaryl/α,β-unsaturated/α-hetero) is 1. The fourth-order valence-corrected chi connectivity index (χ4v) is 6.58. The summed E-state index contributed by atoms with van der Waals surface area (Å²) >= 11 is 0. The predicted octanol–water partition coefficient (Wildman–Crippen LogP) is 4.41. The highest BCUT2D eigenvalue weighted by Gasteiger charge is 2.45. The molecule has 0 N–H and O–H groups in total. The van der Waals surface area contributed by atoms with E-state index in [2.05, 4.69) is 44.3 Å². The van der Waals surface area contributed by atoms with Crippen molar-refractivity contribution in [2.45, 2.75) is 39.7 Å². The van der Waals surface area contributed by atoms with Crippen molar-refractivity contribution in [2.75, 3.05) is 6.61 Å². The van der Waals surface area contributed by atoms with Gasteiger partial charge in [0.25, 0.3) is 0 Å². The van der Waals surface area contributed by atoms with Crippen molar-refractivity contribution >= 4 is 24.7 Å². The third kappa shape index (κ3) is 6.10. The molecule has 2 atom stereocenters. The van der Waals surface area contributed by atoms with Crippen LogP contribution in [0.3, 0.4) is 0 Å². The molecule has 0 amide bonds. The Kier molecular flexibility index (Phi) is 8.77. The van der Waals surface area contributed by atoms with Crippen molar-refractivity contribution in [3.63, 3.8) is 0 Å². The minimum Gasteiger partial charge on any atom is -0.387 e. The number of ketones is 1. The predicted molar refractivity (Wildman–Crippen MR) is 123 cm³/mol. The number of rotatable bonds is 12. The Morgan fingerprint density at radius 3 is 1.93 bits per heavy atom. The van der Waals surface area contributed by atoms with Crippen LogP contribution < -0.4 is 10.4 Å². The molecule has 0 saturated heterocycles. The van der Waals surface area contributed by atoms with E-state index >= 15 is 0 Å². The Bertz CT molecular complexity index is 762. The van der Waals surface area contributed by atoms with Crippen molar-refractivity contribution in [2.24, 2.45) is 5.92 Å². The van der Waals surface area contributed by atoms with Gasteiger partial charge in [0.1, 0.15) is 5.78 Å². The molecule has 1 unspecified atom stereocenters. The molecule has 0 aliphatic carbocycles. The molecule has 0 radical (unpaired) electrons. The molecule has 2 aromatic rings. The highest BCUT2D eigenvalue weighted by Crippen LogP contribution is 2.20. The van der Waals surface area contributed by atoms with E-state index < -0.39 is 14.7 Å². The van der Waals surface area contributed by atoms with Gasteiger partial charge in [0, 0.05) is 13.0 Å². The normalized spacial score (nSPS) is 13.5. The van der Waals surface area contributed by atoms with E-state index in [1.54, 1.807) is 6.92 Å². The number of hydrogen-bond acceptors (Lipinski definition) is 3. The maximum Gasteiger partial charge on any atom is 0.407 e. The lowest BCUT2D eigenvalue weighted by atomic mass is 10.1. The fraction of sp³-hybridized carbons (Fsp3) is 0.320. The highest BCUT2D eigenvalue weighted by atomic mass is 28.4. The minimum atomic E-state index is -3.10. The van der Waals surface area contributed by atoms with Gasteiger partial charge < -0.3 is 8.85 Å². The highest BCUT2D eigenvalue weighted by molar-refractivity contribution is 6.92. The van der Waals surface area contributed by atoms with Gasteiger partial charge in [0.05, 0.1) is 6.10 Å². The zero-order chi connectivity index (χ0) is 21.3. The van der Waals surface area contributed by atoms with Crippen molar-refractivity contribution in [3.05, 3.63) is 85.5 Å². The molecule has 0 saturated carbocycles. The summed E-state index contributed by atoms with van der Waals surface area (Å²) in [5.41, 5.74) is 0.822. The molecule has 0 aromatic heterocycles. The van der Waals surface area contributed by atoms with Gasteiger partial charge in [-0.05, 0) is 36.6 Å². The molecular formula is C25H32O3Si. The van der Waals surface area contributed by atoms with Gasteiger partial charge in [0.2, 0.25) is 0 Å². The number of carbonyl (C=O) groups excluding carboxylic acids is 1. The molecule has 2 aromatic carbocycles. The quantitative estimate of drug-likeness (QED) is 0.385. The SMILES string of the molecule is C=CC(CC)CO[Si](O[C@@H](CC(C)=O)C(=C)C)(c1ccccc1)c1ccccc1. The van der Waals surface area contributed by atoms with E-state index in [4.69, 9.17) is 8.85 Å². The lowest BCUT2D eigenvalue weighted by Gasteiger charge is -2.36. The van der Waals surface area contributed by atoms with E-state index in [-0.39, 0.29) is 18.1 Å². The largest absolute Gasteiger partial charge is 0.407 e. The van der Waals surface area contributed by atoms with E-state index in [0.717, 1.165) is 22.4 Å². The van der Waals surface area contributed by atoms with E-state index in [9.17, 15) is 4.79 Å². The molecule has 4 heteroatoms. The average molecular weight is 409 g/mol. The fourth-order valence-electron chi connectivity index (χ4n) is 3.17. The molecule has 0 heterocycles. The molecule has 2 rings (SSSR count). The van der Waals surface area contributed by atoms with E-state index in [1.165, 1.54) is 0 Å². The topological polar surface area (TPSA) is 35.5 Å². The van der Waals surface area contributed by atoms with Gasteiger partial charge in [-0.25, -0.2) is 0 Å². The van der Waals surface area contributed by atoms with Gasteiger partial charge in [-0.3, -0.25) is 4.79 Å². The Labute approximate surface area is 176 Å². The van der Waals surface area contributed by atoms with Crippen LogP contribution in [0.1, 0.15) is 33.6 Å². The molecule has 0 fully saturated rings. The molecule has 29 heavy (non-hydrogen) atoms. The van der Waals surface area contributed by atoms with Gasteiger partial charge in [-0.2, -0.15) is 0 Å². The second-order valence-corrected chi connectivity index (χ2v) is 10.3. The summed E-state index contributed by atoms with van der Waals surface area (Å²) in [6, 6.07) is 20.2. The zero-order valence-corrected chi connectivity index (χ0v) is 18.8. The summed E-state index contributed by atoms with van der Waals surface area (Å²) in [7, 11) is -3.10. The van der Waals surface area contributed by atoms with Crippen molar-refractivity contribution in [3.8, 4) is 0 Å². The first kappa shape index (κ1) is 23.0. The number of carbonyl (C=O) groups is 1. The van der Waals surface area contributed by atoms with Gasteiger partial charge in [-0.1, -0.05) is 85.8 Å². The lowest BCUT2D eigenvalue weighted by molar-refractivity contribution is -0.118. The maximum absolute atomic E-state index is 11.9. The molecule has 0 aliphatic rings. The van der Waals surface area contributed by atoms with Crippen LogP contribution in [-0.2, 0) is 13.6 Å². The van der Waals surface area contributed by atoms with Crippen molar-refractivity contribution in [1.29, 1.82) is 0 Å². The van der Waals surface area contributed by atoms with Crippen molar-refractivity contribution < 1.29 is 13.6 Å². The summed E-state index contributed by atoms with van der Waals surface area (Å²) in [6.07, 6.45) is 2.75. The minimum absolute atomic E-state index is 0.0690. The lowest BCUT2D eigenvalue weighted by Crippen LogP contribution is -2.65. The van der Waals surface area contributed by atoms with Gasteiger partial charge in [0.15, 0.2) is 0 Å². The Morgan fingerprint density at radius 1 is 1.03 bits per heavy atom. The van der Waals surface area contributed by atoms with Gasteiger partial charge in [-0.15, -0.1) is 6.58 Å². The molecule has 0 aliphatic heterocycles. The molecule has 3 nitrogen and oxygen atoms in total. The Balaban J connectivity index is 2.59. The van der Waals surface area contributed by atoms with Crippen LogP contribution in [-0.4, -0.2) is 27.1 Å². The van der Waals surface area contributed by atoms with E-state index in [0.29, 0.717) is 6.61 Å². The van der Waals surface area contributed by atoms with Crippen LogP contribution in [0.25, 0.3) is 0 Å². The monoisotopic (exact) mass is 408 g/mol. The standard InChI is InChI=1S/C25H32O3Si/c1-6-22(7-2)19-27-29(23-14-10-8-11-15-23,24-16-12-9-13-17-24)28-25(20(3)4)18-21(5)26/h6,8-17,22,25H,1,3,7,18-19H2,2,4-5H3/t22?,25-/m0/s1. The molecular weight excluding hydrogens is 376 g/mol. The summed E-state index contributed by atoms with van der Waals surface area (Å²) in [4.78, 5) is 11.9. The summed E-state index contributed by atoms with van der Waals surface area (Å²) in [6.45, 7) is 14.1. The molecule has 0 bridgehead atoms. The molecule has 154 valence electrons. The summed E-state index contributed by atoms with van der Waals surface area (Å²) in [5.74, 6) is 0.300. The third-order valence-corrected chi connectivity index (χ3v) is 8.37. The average Bonchev–Trinajstić information content (AvgIpc) is 2.73. The first-order valence-electron chi connectivity index (χ1n) is 10.1. The first-order valence-corrected chi connectivity index (χ1v) is 11.9. The maximum atomic E-state index is 11.9. The van der Waals surface area contributed by atoms with E-state index in [1.807, 2.05) is 49.4 Å². The summed E-state index contributed by atoms with van der Waals surface area (Å²) < 4.78 is 13.5. The second-order valence-electron chi connectivity index (χ2n) is 7.42. The number of hydrogen-bond donors (Lipinski definition) is 0. The molecule has 0 spiro atoms. The Hall–Kier alpha value is -2.27. The summed E-state index contributed by atoms with van der Waals surface area (Å²) in [5, 5.41) is 2.03.